The molecule has 0 aliphatic carbocycles. The molecule has 6 nitrogen and oxygen atoms in total. The van der Waals surface area contributed by atoms with Crippen LogP contribution in [0.1, 0.15) is 12.5 Å². The molecule has 1 heterocycles. The Labute approximate surface area is 165 Å². The monoisotopic (exact) mass is 402 g/mol. The summed E-state index contributed by atoms with van der Waals surface area (Å²) in [5.41, 5.74) is 1.52. The Kier molecular flexibility index (Phi) is 6.36. The fourth-order valence-electron chi connectivity index (χ4n) is 2.46. The SMILES string of the molecule is CC(Sc1n[nH]c(=O)n1CCc1ccccc1)C(=O)Nc1ccc(Cl)cc1. The number of hydrogen-bond acceptors (Lipinski definition) is 4. The van der Waals surface area contributed by atoms with Gasteiger partial charge in [0.2, 0.25) is 5.91 Å². The van der Waals surface area contributed by atoms with Gasteiger partial charge in [0.1, 0.15) is 0 Å². The number of hydrogen-bond donors (Lipinski definition) is 2. The van der Waals surface area contributed by atoms with Crippen LogP contribution in [-0.4, -0.2) is 25.9 Å². The second-order valence-corrected chi connectivity index (χ2v) is 7.70. The number of nitrogens with zero attached hydrogens (tertiary/aromatic N) is 2. The Hall–Kier alpha value is -2.51. The number of rotatable bonds is 7. The highest BCUT2D eigenvalue weighted by molar-refractivity contribution is 8.00. The molecule has 2 N–H and O–H groups in total. The number of carbonyl (C=O) groups excluding carboxylic acids is 1. The summed E-state index contributed by atoms with van der Waals surface area (Å²) in [4.78, 5) is 24.5. The van der Waals surface area contributed by atoms with E-state index in [0.717, 1.165) is 5.56 Å². The highest BCUT2D eigenvalue weighted by atomic mass is 35.5. The molecule has 0 aliphatic rings. The molecule has 3 rings (SSSR count). The van der Waals surface area contributed by atoms with Gasteiger partial charge in [-0.2, -0.15) is 0 Å². The lowest BCUT2D eigenvalue weighted by Gasteiger charge is -2.12. The number of anilines is 1. The largest absolute Gasteiger partial charge is 0.343 e. The summed E-state index contributed by atoms with van der Waals surface area (Å²) in [6, 6.07) is 16.8. The van der Waals surface area contributed by atoms with Crippen molar-refractivity contribution in [3.05, 3.63) is 75.7 Å². The third kappa shape index (κ3) is 5.24. The van der Waals surface area contributed by atoms with Crippen molar-refractivity contribution in [3.63, 3.8) is 0 Å². The minimum absolute atomic E-state index is 0.174. The van der Waals surface area contributed by atoms with Gasteiger partial charge in [-0.3, -0.25) is 9.36 Å². The van der Waals surface area contributed by atoms with E-state index in [1.807, 2.05) is 30.3 Å². The van der Waals surface area contributed by atoms with Gasteiger partial charge in [-0.15, -0.1) is 5.10 Å². The van der Waals surface area contributed by atoms with Gasteiger partial charge in [0, 0.05) is 17.3 Å². The fourth-order valence-corrected chi connectivity index (χ4v) is 3.47. The van der Waals surface area contributed by atoms with Crippen LogP contribution in [-0.2, 0) is 17.8 Å². The first-order chi connectivity index (χ1) is 13.0. The van der Waals surface area contributed by atoms with Crippen LogP contribution >= 0.6 is 23.4 Å². The third-order valence-corrected chi connectivity index (χ3v) is 5.30. The maximum absolute atomic E-state index is 12.4. The predicted octanol–water partition coefficient (Wildman–Crippen LogP) is 3.59. The molecule has 0 spiro atoms. The Morgan fingerprint density at radius 3 is 2.63 bits per heavy atom. The first-order valence-corrected chi connectivity index (χ1v) is 9.71. The van der Waals surface area contributed by atoms with Crippen molar-refractivity contribution in [2.45, 2.75) is 30.3 Å². The average molecular weight is 403 g/mol. The predicted molar refractivity (Wildman–Crippen MR) is 108 cm³/mol. The summed E-state index contributed by atoms with van der Waals surface area (Å²) in [5, 5.41) is 10.0. The van der Waals surface area contributed by atoms with Gasteiger partial charge in [0.15, 0.2) is 5.16 Å². The van der Waals surface area contributed by atoms with Crippen LogP contribution < -0.4 is 11.0 Å². The van der Waals surface area contributed by atoms with Crippen LogP contribution in [0.25, 0.3) is 0 Å². The molecule has 0 aliphatic heterocycles. The van der Waals surface area contributed by atoms with E-state index < -0.39 is 5.25 Å². The maximum Gasteiger partial charge on any atom is 0.343 e. The minimum Gasteiger partial charge on any atom is -0.325 e. The molecule has 0 saturated heterocycles. The topological polar surface area (TPSA) is 79.8 Å². The van der Waals surface area contributed by atoms with Gasteiger partial charge in [-0.05, 0) is 43.2 Å². The van der Waals surface area contributed by atoms with Crippen LogP contribution in [0.3, 0.4) is 0 Å². The molecule has 0 bridgehead atoms. The van der Waals surface area contributed by atoms with E-state index in [9.17, 15) is 9.59 Å². The number of aromatic amines is 1. The van der Waals surface area contributed by atoms with Crippen molar-refractivity contribution in [3.8, 4) is 0 Å². The number of nitrogens with one attached hydrogen (secondary N) is 2. The lowest BCUT2D eigenvalue weighted by atomic mass is 10.1. The first-order valence-electron chi connectivity index (χ1n) is 8.45. The molecule has 1 atom stereocenters. The van der Waals surface area contributed by atoms with Gasteiger partial charge in [-0.25, -0.2) is 9.89 Å². The molecule has 27 heavy (non-hydrogen) atoms. The molecule has 3 aromatic rings. The molecule has 1 unspecified atom stereocenters. The van der Waals surface area contributed by atoms with E-state index in [1.165, 1.54) is 11.8 Å². The first kappa shape index (κ1) is 19.3. The molecule has 0 fully saturated rings. The normalized spacial score (nSPS) is 11.9. The zero-order chi connectivity index (χ0) is 19.2. The number of halogens is 1. The molecule has 2 aromatic carbocycles. The number of amides is 1. The van der Waals surface area contributed by atoms with Crippen LogP contribution in [0.15, 0.2) is 64.5 Å². The van der Waals surface area contributed by atoms with E-state index in [0.29, 0.717) is 28.8 Å². The number of H-pyrrole nitrogens is 1. The Morgan fingerprint density at radius 1 is 1.22 bits per heavy atom. The number of thioether (sulfide) groups is 1. The van der Waals surface area contributed by atoms with Crippen molar-refractivity contribution < 1.29 is 4.79 Å². The number of benzene rings is 2. The number of carbonyl (C=O) groups is 1. The summed E-state index contributed by atoms with van der Waals surface area (Å²) in [5.74, 6) is -0.174. The van der Waals surface area contributed by atoms with Crippen molar-refractivity contribution in [1.29, 1.82) is 0 Å². The van der Waals surface area contributed by atoms with Crippen molar-refractivity contribution in [1.82, 2.24) is 14.8 Å². The summed E-state index contributed by atoms with van der Waals surface area (Å²) in [6.07, 6.45) is 0.708. The number of aryl methyl sites for hydroxylation is 1. The highest BCUT2D eigenvalue weighted by Gasteiger charge is 2.19. The van der Waals surface area contributed by atoms with E-state index in [4.69, 9.17) is 11.6 Å². The lowest BCUT2D eigenvalue weighted by Crippen LogP contribution is -2.24. The molecular formula is C19H19ClN4O2S. The highest BCUT2D eigenvalue weighted by Crippen LogP contribution is 2.22. The van der Waals surface area contributed by atoms with Gasteiger partial charge in [0.25, 0.3) is 0 Å². The van der Waals surface area contributed by atoms with Crippen molar-refractivity contribution in [2.75, 3.05) is 5.32 Å². The third-order valence-electron chi connectivity index (χ3n) is 3.95. The zero-order valence-corrected chi connectivity index (χ0v) is 16.3. The van der Waals surface area contributed by atoms with Crippen molar-refractivity contribution in [2.24, 2.45) is 0 Å². The van der Waals surface area contributed by atoms with Gasteiger partial charge < -0.3 is 5.32 Å². The molecule has 8 heteroatoms. The average Bonchev–Trinajstić information content (AvgIpc) is 3.02. The van der Waals surface area contributed by atoms with Gasteiger partial charge in [-0.1, -0.05) is 53.7 Å². The number of aromatic nitrogens is 3. The zero-order valence-electron chi connectivity index (χ0n) is 14.7. The minimum atomic E-state index is -0.425. The second kappa shape index (κ2) is 8.92. The molecule has 0 radical (unpaired) electrons. The van der Waals surface area contributed by atoms with E-state index in [2.05, 4.69) is 15.5 Å². The maximum atomic E-state index is 12.4. The van der Waals surface area contributed by atoms with Crippen LogP contribution in [0.2, 0.25) is 5.02 Å². The Bertz CT molecular complexity index is 954. The van der Waals surface area contributed by atoms with E-state index in [-0.39, 0.29) is 11.6 Å². The van der Waals surface area contributed by atoms with Crippen LogP contribution in [0, 0.1) is 0 Å². The summed E-state index contributed by atoms with van der Waals surface area (Å²) in [7, 11) is 0. The van der Waals surface area contributed by atoms with E-state index in [1.54, 1.807) is 35.8 Å². The van der Waals surface area contributed by atoms with Crippen LogP contribution in [0.4, 0.5) is 5.69 Å². The van der Waals surface area contributed by atoms with Gasteiger partial charge >= 0.3 is 5.69 Å². The summed E-state index contributed by atoms with van der Waals surface area (Å²) in [6.45, 7) is 2.27. The Morgan fingerprint density at radius 2 is 1.93 bits per heavy atom. The fraction of sp³-hybridized carbons (Fsp3) is 0.211. The van der Waals surface area contributed by atoms with Crippen molar-refractivity contribution >= 4 is 35.0 Å². The smallest absolute Gasteiger partial charge is 0.325 e. The molecule has 1 amide bonds. The van der Waals surface area contributed by atoms with E-state index >= 15 is 0 Å². The van der Waals surface area contributed by atoms with Gasteiger partial charge in [0.05, 0.1) is 5.25 Å². The second-order valence-electron chi connectivity index (χ2n) is 5.95. The lowest BCUT2D eigenvalue weighted by molar-refractivity contribution is -0.115. The quantitative estimate of drug-likeness (QED) is 0.592. The molecular weight excluding hydrogens is 384 g/mol. The summed E-state index contributed by atoms with van der Waals surface area (Å²) >= 11 is 7.09. The molecule has 0 saturated carbocycles. The molecule has 1 aromatic heterocycles. The summed E-state index contributed by atoms with van der Waals surface area (Å²) < 4.78 is 1.56. The standard InChI is InChI=1S/C19H19ClN4O2S/c1-13(17(25)21-16-9-7-15(20)8-10-16)27-19-23-22-18(26)24(19)12-11-14-5-3-2-4-6-14/h2-10,13H,11-12H2,1H3,(H,21,25)(H,22,26). The molecule has 140 valence electrons. The van der Waals surface area contributed by atoms with Crippen LogP contribution in [0.5, 0.6) is 0 Å². The Balaban J connectivity index is 1.63.